The maximum atomic E-state index is 12.2. The van der Waals surface area contributed by atoms with Crippen LogP contribution in [0.15, 0.2) is 52.9 Å². The molecular formula is C23H20N2O7. The summed E-state index contributed by atoms with van der Waals surface area (Å²) in [4.78, 5) is 46.4. The second kappa shape index (κ2) is 9.25. The van der Waals surface area contributed by atoms with E-state index >= 15 is 0 Å². The van der Waals surface area contributed by atoms with Gasteiger partial charge in [0.25, 0.3) is 11.6 Å². The van der Waals surface area contributed by atoms with Crippen molar-refractivity contribution in [3.63, 3.8) is 0 Å². The summed E-state index contributed by atoms with van der Waals surface area (Å²) in [7, 11) is 0. The summed E-state index contributed by atoms with van der Waals surface area (Å²) >= 11 is 0. The summed E-state index contributed by atoms with van der Waals surface area (Å²) in [5, 5.41) is 13.6. The zero-order chi connectivity index (χ0) is 23.4. The lowest BCUT2D eigenvalue weighted by Gasteiger charge is -2.09. The number of carbonyl (C=O) groups is 3. The molecule has 0 saturated carbocycles. The van der Waals surface area contributed by atoms with Crippen LogP contribution in [-0.4, -0.2) is 29.2 Å². The van der Waals surface area contributed by atoms with Crippen LogP contribution < -0.4 is 5.32 Å². The molecule has 9 heteroatoms. The lowest BCUT2D eigenvalue weighted by molar-refractivity contribution is -0.384. The molecule has 1 amide bonds. The molecule has 0 atom stereocenters. The Morgan fingerprint density at radius 1 is 1.03 bits per heavy atom. The van der Waals surface area contributed by atoms with E-state index in [1.54, 1.807) is 44.2 Å². The van der Waals surface area contributed by atoms with Gasteiger partial charge in [-0.1, -0.05) is 24.3 Å². The lowest BCUT2D eigenvalue weighted by atomic mass is 10.1. The first-order valence-electron chi connectivity index (χ1n) is 9.59. The Bertz CT molecular complexity index is 1210. The predicted octanol–water partition coefficient (Wildman–Crippen LogP) is 4.47. The average molecular weight is 436 g/mol. The number of nitro benzene ring substituents is 1. The molecule has 1 aromatic heterocycles. The van der Waals surface area contributed by atoms with Gasteiger partial charge >= 0.3 is 5.97 Å². The highest BCUT2D eigenvalue weighted by Crippen LogP contribution is 2.28. The van der Waals surface area contributed by atoms with Gasteiger partial charge in [-0.2, -0.15) is 0 Å². The maximum absolute atomic E-state index is 12.2. The Morgan fingerprint density at radius 3 is 2.31 bits per heavy atom. The van der Waals surface area contributed by atoms with Crippen molar-refractivity contribution in [2.45, 2.75) is 20.8 Å². The number of benzene rings is 2. The van der Waals surface area contributed by atoms with E-state index < -0.39 is 23.4 Å². The molecule has 32 heavy (non-hydrogen) atoms. The molecule has 3 rings (SSSR count). The average Bonchev–Trinajstić information content (AvgIpc) is 3.24. The Balaban J connectivity index is 1.63. The fourth-order valence-electron chi connectivity index (χ4n) is 2.91. The van der Waals surface area contributed by atoms with Crippen LogP contribution in [0.2, 0.25) is 0 Å². The smallest absolute Gasteiger partial charge is 0.374 e. The van der Waals surface area contributed by atoms with E-state index in [1.807, 2.05) is 0 Å². The van der Waals surface area contributed by atoms with Gasteiger partial charge in [0.15, 0.2) is 12.4 Å². The fourth-order valence-corrected chi connectivity index (χ4v) is 2.91. The van der Waals surface area contributed by atoms with Crippen molar-refractivity contribution in [2.24, 2.45) is 0 Å². The molecule has 1 N–H and O–H groups in total. The van der Waals surface area contributed by atoms with E-state index in [9.17, 15) is 24.5 Å². The SMILES string of the molecule is CC(=O)c1ccc(-c2ccc(C(=O)OCC(=O)Nc3cc(C)c(C)cc3[N+](=O)[O-])o2)cc1. The second-order valence-electron chi connectivity index (χ2n) is 7.13. The van der Waals surface area contributed by atoms with Crippen LogP contribution in [0.5, 0.6) is 0 Å². The van der Waals surface area contributed by atoms with E-state index in [4.69, 9.17) is 9.15 Å². The maximum Gasteiger partial charge on any atom is 0.374 e. The van der Waals surface area contributed by atoms with Crippen molar-refractivity contribution in [2.75, 3.05) is 11.9 Å². The molecule has 2 aromatic carbocycles. The Labute approximate surface area is 183 Å². The van der Waals surface area contributed by atoms with E-state index in [0.717, 1.165) is 5.56 Å². The van der Waals surface area contributed by atoms with Gasteiger partial charge in [0.2, 0.25) is 5.76 Å². The number of hydrogen-bond donors (Lipinski definition) is 1. The molecule has 0 saturated heterocycles. The summed E-state index contributed by atoms with van der Waals surface area (Å²) in [5.41, 5.74) is 2.46. The third-order valence-corrected chi connectivity index (χ3v) is 4.80. The fraction of sp³-hybridized carbons (Fsp3) is 0.174. The molecule has 0 aliphatic heterocycles. The molecule has 0 aliphatic carbocycles. The quantitative estimate of drug-likeness (QED) is 0.250. The minimum absolute atomic E-state index is 0.0217. The monoisotopic (exact) mass is 436 g/mol. The zero-order valence-corrected chi connectivity index (χ0v) is 17.6. The van der Waals surface area contributed by atoms with Gasteiger partial charge in [0.1, 0.15) is 11.4 Å². The van der Waals surface area contributed by atoms with Crippen LogP contribution in [0.25, 0.3) is 11.3 Å². The van der Waals surface area contributed by atoms with Crippen molar-refractivity contribution in [1.29, 1.82) is 0 Å². The Kier molecular flexibility index (Phi) is 6.48. The van der Waals surface area contributed by atoms with Crippen LogP contribution in [0.1, 0.15) is 39.0 Å². The van der Waals surface area contributed by atoms with Crippen LogP contribution in [0, 0.1) is 24.0 Å². The molecule has 1 heterocycles. The third kappa shape index (κ3) is 5.07. The predicted molar refractivity (Wildman–Crippen MR) is 116 cm³/mol. The van der Waals surface area contributed by atoms with Gasteiger partial charge < -0.3 is 14.5 Å². The van der Waals surface area contributed by atoms with Crippen molar-refractivity contribution in [1.82, 2.24) is 0 Å². The molecule has 9 nitrogen and oxygen atoms in total. The molecule has 164 valence electrons. The van der Waals surface area contributed by atoms with Crippen molar-refractivity contribution in [3.05, 3.63) is 81.1 Å². The number of anilines is 1. The zero-order valence-electron chi connectivity index (χ0n) is 17.6. The number of nitrogens with one attached hydrogen (secondary N) is 1. The molecule has 0 unspecified atom stereocenters. The summed E-state index contributed by atoms with van der Waals surface area (Å²) < 4.78 is 10.4. The number of ketones is 1. The molecule has 0 spiro atoms. The Hall–Kier alpha value is -4.27. The van der Waals surface area contributed by atoms with Gasteiger partial charge in [-0.25, -0.2) is 4.79 Å². The molecule has 0 aliphatic rings. The van der Waals surface area contributed by atoms with E-state index in [-0.39, 0.29) is 22.9 Å². The van der Waals surface area contributed by atoms with Crippen LogP contribution in [0.3, 0.4) is 0 Å². The molecule has 0 fully saturated rings. The number of aryl methyl sites for hydroxylation is 2. The van der Waals surface area contributed by atoms with E-state index in [0.29, 0.717) is 22.5 Å². The Morgan fingerprint density at radius 2 is 1.69 bits per heavy atom. The summed E-state index contributed by atoms with van der Waals surface area (Å²) in [6.07, 6.45) is 0. The standard InChI is InChI=1S/C23H20N2O7/c1-13-10-18(19(25(29)30)11-14(13)2)24-22(27)12-31-23(28)21-9-8-20(32-21)17-6-4-16(5-7-17)15(3)26/h4-11H,12H2,1-3H3,(H,24,27). The minimum atomic E-state index is -0.860. The van der Waals surface area contributed by atoms with Gasteiger partial charge in [0.05, 0.1) is 4.92 Å². The number of carbonyl (C=O) groups excluding carboxylic acids is 3. The third-order valence-electron chi connectivity index (χ3n) is 4.80. The number of ether oxygens (including phenoxy) is 1. The highest BCUT2D eigenvalue weighted by atomic mass is 16.6. The van der Waals surface area contributed by atoms with Gasteiger partial charge in [0, 0.05) is 17.2 Å². The summed E-state index contributed by atoms with van der Waals surface area (Å²) in [6.45, 7) is 4.30. The topological polar surface area (TPSA) is 129 Å². The largest absolute Gasteiger partial charge is 0.450 e. The first-order chi connectivity index (χ1) is 15.2. The van der Waals surface area contributed by atoms with Gasteiger partial charge in [-0.3, -0.25) is 19.7 Å². The second-order valence-corrected chi connectivity index (χ2v) is 7.13. The minimum Gasteiger partial charge on any atom is -0.450 e. The van der Waals surface area contributed by atoms with Crippen molar-refractivity contribution >= 4 is 29.0 Å². The van der Waals surface area contributed by atoms with Gasteiger partial charge in [-0.05, 0) is 50.1 Å². The number of nitrogens with zero attached hydrogens (tertiary/aromatic N) is 1. The van der Waals surface area contributed by atoms with Gasteiger partial charge in [-0.15, -0.1) is 0 Å². The number of amides is 1. The van der Waals surface area contributed by atoms with Crippen molar-refractivity contribution in [3.8, 4) is 11.3 Å². The number of Topliss-reactive ketones (excluding diaryl/α,β-unsaturated/α-hetero) is 1. The number of furan rings is 1. The molecular weight excluding hydrogens is 416 g/mol. The van der Waals surface area contributed by atoms with Crippen LogP contribution in [0.4, 0.5) is 11.4 Å². The highest BCUT2D eigenvalue weighted by Gasteiger charge is 2.20. The number of esters is 1. The first-order valence-corrected chi connectivity index (χ1v) is 9.59. The number of rotatable bonds is 7. The summed E-state index contributed by atoms with van der Waals surface area (Å²) in [5.74, 6) is -1.37. The van der Waals surface area contributed by atoms with Crippen LogP contribution in [-0.2, 0) is 9.53 Å². The van der Waals surface area contributed by atoms with Crippen molar-refractivity contribution < 1.29 is 28.5 Å². The molecule has 3 aromatic rings. The number of nitro groups is 1. The van der Waals surface area contributed by atoms with Crippen LogP contribution >= 0.6 is 0 Å². The molecule has 0 bridgehead atoms. The normalized spacial score (nSPS) is 10.5. The number of hydrogen-bond acceptors (Lipinski definition) is 7. The summed E-state index contributed by atoms with van der Waals surface area (Å²) in [6, 6.07) is 12.5. The van der Waals surface area contributed by atoms with E-state index in [1.165, 1.54) is 25.1 Å². The highest BCUT2D eigenvalue weighted by molar-refractivity contribution is 5.96. The van der Waals surface area contributed by atoms with E-state index in [2.05, 4.69) is 5.32 Å². The lowest BCUT2D eigenvalue weighted by Crippen LogP contribution is -2.21. The first kappa shape index (κ1) is 22.4. The molecule has 0 radical (unpaired) electrons.